The topological polar surface area (TPSA) is 18.5 Å². The van der Waals surface area contributed by atoms with Gasteiger partial charge >= 0.3 is 0 Å². The van der Waals surface area contributed by atoms with Crippen LogP contribution in [-0.2, 0) is 0 Å². The van der Waals surface area contributed by atoms with Crippen molar-refractivity contribution < 1.29 is 4.39 Å². The fourth-order valence-corrected chi connectivity index (χ4v) is 2.32. The molecular formula is C15H22FN3. The van der Waals surface area contributed by atoms with E-state index in [9.17, 15) is 4.39 Å². The number of piperazine rings is 1. The van der Waals surface area contributed by atoms with E-state index < -0.39 is 0 Å². The number of anilines is 1. The molecule has 0 radical (unpaired) electrons. The zero-order chi connectivity index (χ0) is 13.5. The molecule has 1 saturated heterocycles. The molecular weight excluding hydrogens is 241 g/mol. The van der Waals surface area contributed by atoms with Crippen molar-refractivity contribution in [2.45, 2.75) is 0 Å². The van der Waals surface area contributed by atoms with Gasteiger partial charge < -0.3 is 10.2 Å². The lowest BCUT2D eigenvalue weighted by molar-refractivity contribution is 0.259. The number of hydrogen-bond donors (Lipinski definition) is 1. The number of nitrogens with one attached hydrogen (secondary N) is 1. The molecule has 1 aliphatic heterocycles. The standard InChI is InChI=1S/C15H22FN3/c1-2-7-17-8-9-18-10-12-19(13-11-18)15-5-3-14(16)4-6-15/h2-6,17H,1,7-13H2. The first-order chi connectivity index (χ1) is 9.29. The lowest BCUT2D eigenvalue weighted by Crippen LogP contribution is -2.48. The molecule has 0 amide bonds. The molecule has 1 aromatic rings. The highest BCUT2D eigenvalue weighted by atomic mass is 19.1. The molecule has 1 aliphatic rings. The van der Waals surface area contributed by atoms with Gasteiger partial charge in [-0.05, 0) is 24.3 Å². The Morgan fingerprint density at radius 3 is 2.47 bits per heavy atom. The summed E-state index contributed by atoms with van der Waals surface area (Å²) in [6, 6.07) is 6.77. The van der Waals surface area contributed by atoms with E-state index >= 15 is 0 Å². The number of halogens is 1. The fourth-order valence-electron chi connectivity index (χ4n) is 2.32. The summed E-state index contributed by atoms with van der Waals surface area (Å²) in [5.41, 5.74) is 1.12. The van der Waals surface area contributed by atoms with Crippen molar-refractivity contribution in [1.82, 2.24) is 10.2 Å². The van der Waals surface area contributed by atoms with Gasteiger partial charge in [-0.1, -0.05) is 6.08 Å². The quantitative estimate of drug-likeness (QED) is 0.623. The molecule has 0 aliphatic carbocycles. The Hall–Kier alpha value is -1.39. The molecule has 0 saturated carbocycles. The average Bonchev–Trinajstić information content (AvgIpc) is 2.45. The first-order valence-corrected chi connectivity index (χ1v) is 6.84. The fraction of sp³-hybridized carbons (Fsp3) is 0.467. The van der Waals surface area contributed by atoms with Gasteiger partial charge in [-0.3, -0.25) is 4.90 Å². The predicted octanol–water partition coefficient (Wildman–Crippen LogP) is 1.72. The Morgan fingerprint density at radius 2 is 1.84 bits per heavy atom. The van der Waals surface area contributed by atoms with Crippen LogP contribution in [0.4, 0.5) is 10.1 Å². The minimum absolute atomic E-state index is 0.171. The number of benzene rings is 1. The van der Waals surface area contributed by atoms with Crippen molar-refractivity contribution in [3.63, 3.8) is 0 Å². The summed E-state index contributed by atoms with van der Waals surface area (Å²) < 4.78 is 12.9. The Labute approximate surface area is 114 Å². The molecule has 1 fully saturated rings. The maximum Gasteiger partial charge on any atom is 0.123 e. The molecule has 1 aromatic carbocycles. The first-order valence-electron chi connectivity index (χ1n) is 6.84. The van der Waals surface area contributed by atoms with Gasteiger partial charge in [-0.25, -0.2) is 4.39 Å². The third-order valence-electron chi connectivity index (χ3n) is 3.46. The Balaban J connectivity index is 1.73. The van der Waals surface area contributed by atoms with Gasteiger partial charge in [0.1, 0.15) is 5.82 Å². The second-order valence-electron chi connectivity index (χ2n) is 4.80. The molecule has 3 nitrogen and oxygen atoms in total. The molecule has 19 heavy (non-hydrogen) atoms. The van der Waals surface area contributed by atoms with E-state index in [0.717, 1.165) is 51.5 Å². The van der Waals surface area contributed by atoms with Crippen LogP contribution in [0.3, 0.4) is 0 Å². The summed E-state index contributed by atoms with van der Waals surface area (Å²) in [7, 11) is 0. The van der Waals surface area contributed by atoms with Crippen LogP contribution in [0.2, 0.25) is 0 Å². The second kappa shape index (κ2) is 7.26. The van der Waals surface area contributed by atoms with Gasteiger partial charge in [-0.15, -0.1) is 6.58 Å². The lowest BCUT2D eigenvalue weighted by atomic mass is 10.2. The molecule has 0 bridgehead atoms. The molecule has 0 spiro atoms. The Bertz CT molecular complexity index is 383. The van der Waals surface area contributed by atoms with Crippen LogP contribution in [0.5, 0.6) is 0 Å². The van der Waals surface area contributed by atoms with Crippen LogP contribution in [0.15, 0.2) is 36.9 Å². The summed E-state index contributed by atoms with van der Waals surface area (Å²) in [5, 5.41) is 3.32. The molecule has 1 heterocycles. The molecule has 1 N–H and O–H groups in total. The average molecular weight is 263 g/mol. The van der Waals surface area contributed by atoms with Gasteiger partial charge in [0.05, 0.1) is 0 Å². The predicted molar refractivity (Wildman–Crippen MR) is 78.1 cm³/mol. The minimum atomic E-state index is -0.171. The van der Waals surface area contributed by atoms with Crippen molar-refractivity contribution in [2.75, 3.05) is 50.7 Å². The van der Waals surface area contributed by atoms with Gasteiger partial charge in [0.25, 0.3) is 0 Å². The maximum atomic E-state index is 12.9. The number of hydrogen-bond acceptors (Lipinski definition) is 3. The summed E-state index contributed by atoms with van der Waals surface area (Å²) in [6.07, 6.45) is 1.88. The van der Waals surface area contributed by atoms with Crippen molar-refractivity contribution in [3.05, 3.63) is 42.7 Å². The molecule has 4 heteroatoms. The summed E-state index contributed by atoms with van der Waals surface area (Å²) in [6.45, 7) is 10.8. The Kier molecular flexibility index (Phi) is 5.36. The van der Waals surface area contributed by atoms with E-state index in [0.29, 0.717) is 0 Å². The highest BCUT2D eigenvalue weighted by Gasteiger charge is 2.16. The summed E-state index contributed by atoms with van der Waals surface area (Å²) in [5.74, 6) is -0.171. The van der Waals surface area contributed by atoms with Crippen molar-refractivity contribution in [3.8, 4) is 0 Å². The normalized spacial score (nSPS) is 16.6. The lowest BCUT2D eigenvalue weighted by Gasteiger charge is -2.36. The molecule has 0 aromatic heterocycles. The zero-order valence-electron chi connectivity index (χ0n) is 11.3. The van der Waals surface area contributed by atoms with Gasteiger partial charge in [-0.2, -0.15) is 0 Å². The molecule has 104 valence electrons. The van der Waals surface area contributed by atoms with Crippen LogP contribution < -0.4 is 10.2 Å². The van der Waals surface area contributed by atoms with Crippen LogP contribution >= 0.6 is 0 Å². The van der Waals surface area contributed by atoms with E-state index in [4.69, 9.17) is 0 Å². The highest BCUT2D eigenvalue weighted by Crippen LogP contribution is 2.16. The van der Waals surface area contributed by atoms with Crippen molar-refractivity contribution in [2.24, 2.45) is 0 Å². The van der Waals surface area contributed by atoms with Crippen molar-refractivity contribution >= 4 is 5.69 Å². The van der Waals surface area contributed by atoms with Gasteiger partial charge in [0, 0.05) is 51.5 Å². The smallest absolute Gasteiger partial charge is 0.123 e. The van der Waals surface area contributed by atoms with E-state index in [1.807, 2.05) is 18.2 Å². The van der Waals surface area contributed by atoms with Crippen LogP contribution in [0.25, 0.3) is 0 Å². The third kappa shape index (κ3) is 4.33. The van der Waals surface area contributed by atoms with E-state index in [2.05, 4.69) is 21.7 Å². The maximum absolute atomic E-state index is 12.9. The Morgan fingerprint density at radius 1 is 1.16 bits per heavy atom. The van der Waals surface area contributed by atoms with Crippen LogP contribution in [-0.4, -0.2) is 50.7 Å². The zero-order valence-corrected chi connectivity index (χ0v) is 11.3. The second-order valence-corrected chi connectivity index (χ2v) is 4.80. The van der Waals surface area contributed by atoms with E-state index in [1.54, 1.807) is 0 Å². The SMILES string of the molecule is C=CCNCCN1CCN(c2ccc(F)cc2)CC1. The molecule has 2 rings (SSSR count). The summed E-state index contributed by atoms with van der Waals surface area (Å²) in [4.78, 5) is 4.77. The summed E-state index contributed by atoms with van der Waals surface area (Å²) >= 11 is 0. The third-order valence-corrected chi connectivity index (χ3v) is 3.46. The van der Waals surface area contributed by atoms with E-state index in [-0.39, 0.29) is 5.82 Å². The monoisotopic (exact) mass is 263 g/mol. The molecule has 0 atom stereocenters. The van der Waals surface area contributed by atoms with Gasteiger partial charge in [0.2, 0.25) is 0 Å². The van der Waals surface area contributed by atoms with Gasteiger partial charge in [0.15, 0.2) is 0 Å². The first kappa shape index (κ1) is 14.0. The number of nitrogens with zero attached hydrogens (tertiary/aromatic N) is 2. The minimum Gasteiger partial charge on any atom is -0.369 e. The number of rotatable bonds is 6. The van der Waals surface area contributed by atoms with Crippen LogP contribution in [0.1, 0.15) is 0 Å². The van der Waals surface area contributed by atoms with Crippen LogP contribution in [0, 0.1) is 5.82 Å². The van der Waals surface area contributed by atoms with E-state index in [1.165, 1.54) is 12.1 Å². The van der Waals surface area contributed by atoms with Crippen molar-refractivity contribution in [1.29, 1.82) is 0 Å². The molecule has 0 unspecified atom stereocenters. The highest BCUT2D eigenvalue weighted by molar-refractivity contribution is 5.46. The largest absolute Gasteiger partial charge is 0.369 e.